The second kappa shape index (κ2) is 12.4. The second-order valence-corrected chi connectivity index (χ2v) is 9.94. The molecule has 0 unspecified atom stereocenters. The highest BCUT2D eigenvalue weighted by Crippen LogP contribution is 2.24. The summed E-state index contributed by atoms with van der Waals surface area (Å²) in [5.74, 6) is -4.80. The zero-order chi connectivity index (χ0) is 28.0. The molecular weight excluding hydrogens is 523 g/mol. The maximum atomic E-state index is 13.7. The van der Waals surface area contributed by atoms with E-state index in [1.807, 2.05) is 0 Å². The summed E-state index contributed by atoms with van der Waals surface area (Å²) in [6, 6.07) is 11.2. The highest BCUT2D eigenvalue weighted by atomic mass is 35.5. The molecule has 0 radical (unpaired) electrons. The van der Waals surface area contributed by atoms with Gasteiger partial charge in [0.2, 0.25) is 11.8 Å². The lowest BCUT2D eigenvalue weighted by atomic mass is 9.98. The van der Waals surface area contributed by atoms with Gasteiger partial charge in [0.05, 0.1) is 6.04 Å². The van der Waals surface area contributed by atoms with Crippen molar-refractivity contribution in [3.63, 3.8) is 0 Å². The quantitative estimate of drug-likeness (QED) is 0.493. The molecule has 2 aromatic rings. The van der Waals surface area contributed by atoms with Crippen molar-refractivity contribution in [1.82, 2.24) is 15.5 Å². The summed E-state index contributed by atoms with van der Waals surface area (Å²) in [6.07, 6.45) is -4.34. The number of benzene rings is 2. The first-order chi connectivity index (χ1) is 17.9. The van der Waals surface area contributed by atoms with Gasteiger partial charge in [0.1, 0.15) is 12.1 Å². The van der Waals surface area contributed by atoms with E-state index >= 15 is 0 Å². The molecule has 3 atom stereocenters. The Balaban J connectivity index is 1.82. The van der Waals surface area contributed by atoms with Crippen LogP contribution in [-0.2, 0) is 20.8 Å². The molecular formula is C27H29ClF3N3O4. The van der Waals surface area contributed by atoms with Gasteiger partial charge in [-0.3, -0.25) is 19.2 Å². The number of rotatable bonds is 9. The third-order valence-electron chi connectivity index (χ3n) is 6.34. The zero-order valence-electron chi connectivity index (χ0n) is 20.9. The van der Waals surface area contributed by atoms with Crippen LogP contribution in [0.4, 0.5) is 13.2 Å². The molecule has 0 aromatic heterocycles. The van der Waals surface area contributed by atoms with E-state index in [9.17, 15) is 32.3 Å². The second-order valence-electron chi connectivity index (χ2n) is 9.51. The van der Waals surface area contributed by atoms with Crippen molar-refractivity contribution < 1.29 is 32.3 Å². The Hall–Kier alpha value is -3.40. The Morgan fingerprint density at radius 1 is 1.03 bits per heavy atom. The van der Waals surface area contributed by atoms with E-state index in [0.29, 0.717) is 11.4 Å². The minimum Gasteiger partial charge on any atom is -0.344 e. The number of Topliss-reactive ketones (excluding diaryl/α,β-unsaturated/α-hetero) is 1. The molecule has 2 N–H and O–H groups in total. The van der Waals surface area contributed by atoms with Crippen molar-refractivity contribution in [3.8, 4) is 0 Å². The van der Waals surface area contributed by atoms with Crippen molar-refractivity contribution in [1.29, 1.82) is 0 Å². The fourth-order valence-electron chi connectivity index (χ4n) is 4.39. The highest BCUT2D eigenvalue weighted by Gasteiger charge is 2.46. The Morgan fingerprint density at radius 2 is 1.71 bits per heavy atom. The van der Waals surface area contributed by atoms with Gasteiger partial charge in [0, 0.05) is 23.6 Å². The molecule has 11 heteroatoms. The first kappa shape index (κ1) is 29.2. The molecule has 1 saturated heterocycles. The number of hydrogen-bond acceptors (Lipinski definition) is 4. The number of ketones is 1. The molecule has 1 aliphatic rings. The summed E-state index contributed by atoms with van der Waals surface area (Å²) >= 11 is 6.00. The highest BCUT2D eigenvalue weighted by molar-refractivity contribution is 6.31. The number of likely N-dealkylation sites (tertiary alicyclic amines) is 1. The lowest BCUT2D eigenvalue weighted by molar-refractivity contribution is -0.175. The Morgan fingerprint density at radius 3 is 2.32 bits per heavy atom. The third kappa shape index (κ3) is 7.34. The number of nitrogens with one attached hydrogen (secondary N) is 2. The Bertz CT molecular complexity index is 1170. The van der Waals surface area contributed by atoms with E-state index in [4.69, 9.17) is 11.6 Å². The molecule has 3 amide bonds. The number of carbonyl (C=O) groups is 4. The van der Waals surface area contributed by atoms with Crippen LogP contribution < -0.4 is 10.6 Å². The molecule has 1 fully saturated rings. The van der Waals surface area contributed by atoms with Crippen LogP contribution in [0.25, 0.3) is 0 Å². The average Bonchev–Trinajstić information content (AvgIpc) is 3.36. The van der Waals surface area contributed by atoms with Crippen LogP contribution in [0.3, 0.4) is 0 Å². The lowest BCUT2D eigenvalue weighted by Gasteiger charge is -2.30. The predicted octanol–water partition coefficient (Wildman–Crippen LogP) is 3.94. The largest absolute Gasteiger partial charge is 0.452 e. The Labute approximate surface area is 223 Å². The van der Waals surface area contributed by atoms with Crippen molar-refractivity contribution >= 4 is 35.1 Å². The summed E-state index contributed by atoms with van der Waals surface area (Å²) in [5.41, 5.74) is 0.998. The van der Waals surface area contributed by atoms with Crippen molar-refractivity contribution in [2.45, 2.75) is 57.4 Å². The van der Waals surface area contributed by atoms with Crippen LogP contribution in [0.5, 0.6) is 0 Å². The van der Waals surface area contributed by atoms with Gasteiger partial charge in [-0.25, -0.2) is 0 Å². The van der Waals surface area contributed by atoms with Gasteiger partial charge in [-0.1, -0.05) is 61.8 Å². The summed E-state index contributed by atoms with van der Waals surface area (Å²) in [5, 5.41) is 5.27. The van der Waals surface area contributed by atoms with Gasteiger partial charge in [0.15, 0.2) is 0 Å². The van der Waals surface area contributed by atoms with Gasteiger partial charge in [-0.2, -0.15) is 13.2 Å². The van der Waals surface area contributed by atoms with E-state index < -0.39 is 53.7 Å². The molecule has 0 spiro atoms. The van der Waals surface area contributed by atoms with Crippen molar-refractivity contribution in [2.75, 3.05) is 6.54 Å². The van der Waals surface area contributed by atoms with E-state index in [0.717, 1.165) is 5.56 Å². The number of amides is 3. The SMILES string of the molecule is CC(C)[C@H](NC(=O)[C@@H]1CCCN1C(=O)[C@H](Cc1ccccc1)NC(=O)c1cccc(Cl)c1)C(=O)C(F)(F)F. The monoisotopic (exact) mass is 551 g/mol. The summed E-state index contributed by atoms with van der Waals surface area (Å²) in [7, 11) is 0. The first-order valence-corrected chi connectivity index (χ1v) is 12.6. The van der Waals surface area contributed by atoms with Gasteiger partial charge >= 0.3 is 6.18 Å². The summed E-state index contributed by atoms with van der Waals surface area (Å²) in [6.45, 7) is 2.97. The van der Waals surface area contributed by atoms with Crippen molar-refractivity contribution in [3.05, 3.63) is 70.7 Å². The van der Waals surface area contributed by atoms with Crippen molar-refractivity contribution in [2.24, 2.45) is 5.92 Å². The molecule has 3 rings (SSSR count). The first-order valence-electron chi connectivity index (χ1n) is 12.2. The van der Waals surface area contributed by atoms with Crippen LogP contribution in [0.2, 0.25) is 5.02 Å². The predicted molar refractivity (Wildman–Crippen MR) is 135 cm³/mol. The smallest absolute Gasteiger partial charge is 0.344 e. The maximum Gasteiger partial charge on any atom is 0.452 e. The fraction of sp³-hybridized carbons (Fsp3) is 0.407. The molecule has 38 heavy (non-hydrogen) atoms. The van der Waals surface area contributed by atoms with Crippen LogP contribution in [0.1, 0.15) is 42.6 Å². The number of alkyl halides is 3. The van der Waals surface area contributed by atoms with Crippen LogP contribution in [0.15, 0.2) is 54.6 Å². The standard InChI is InChI=1S/C27H29ClF3N3O4/c1-16(2)22(23(35)27(29,30)31)33-25(37)21-12-7-13-34(21)26(38)20(14-17-8-4-3-5-9-17)32-24(36)18-10-6-11-19(28)15-18/h3-6,8-11,15-16,20-22H,7,12-14H2,1-2H3,(H,32,36)(H,33,37)/t20-,21-,22-/m0/s1. The van der Waals surface area contributed by atoms with E-state index in [1.54, 1.807) is 48.5 Å². The van der Waals surface area contributed by atoms with Crippen LogP contribution >= 0.6 is 11.6 Å². The molecule has 2 aromatic carbocycles. The minimum atomic E-state index is -5.11. The molecule has 7 nitrogen and oxygen atoms in total. The molecule has 0 saturated carbocycles. The van der Waals surface area contributed by atoms with Crippen LogP contribution in [-0.4, -0.2) is 59.3 Å². The van der Waals surface area contributed by atoms with Gasteiger partial charge < -0.3 is 15.5 Å². The summed E-state index contributed by atoms with van der Waals surface area (Å²) in [4.78, 5) is 52.8. The maximum absolute atomic E-state index is 13.7. The van der Waals surface area contributed by atoms with E-state index in [1.165, 1.54) is 24.8 Å². The Kier molecular flexibility index (Phi) is 9.54. The minimum absolute atomic E-state index is 0.123. The van der Waals surface area contributed by atoms with E-state index in [2.05, 4.69) is 10.6 Å². The zero-order valence-corrected chi connectivity index (χ0v) is 21.7. The summed E-state index contributed by atoms with van der Waals surface area (Å²) < 4.78 is 39.2. The topological polar surface area (TPSA) is 95.6 Å². The lowest BCUT2D eigenvalue weighted by Crippen LogP contribution is -2.57. The molecule has 1 aliphatic heterocycles. The van der Waals surface area contributed by atoms with Gasteiger partial charge in [-0.15, -0.1) is 0 Å². The molecule has 0 aliphatic carbocycles. The molecule has 204 valence electrons. The van der Waals surface area contributed by atoms with Gasteiger partial charge in [0.25, 0.3) is 11.7 Å². The molecule has 0 bridgehead atoms. The third-order valence-corrected chi connectivity index (χ3v) is 6.57. The number of hydrogen-bond donors (Lipinski definition) is 2. The normalized spacial score (nSPS) is 17.1. The van der Waals surface area contributed by atoms with Crippen LogP contribution in [0, 0.1) is 5.92 Å². The number of halogens is 4. The fourth-order valence-corrected chi connectivity index (χ4v) is 4.58. The number of nitrogens with zero attached hydrogens (tertiary/aromatic N) is 1. The number of carbonyl (C=O) groups excluding carboxylic acids is 4. The van der Waals surface area contributed by atoms with E-state index in [-0.39, 0.29) is 24.9 Å². The average molecular weight is 552 g/mol. The van der Waals surface area contributed by atoms with Gasteiger partial charge in [-0.05, 0) is 42.5 Å². The molecule has 1 heterocycles.